The largest absolute Gasteiger partial charge is 0.386 e. The summed E-state index contributed by atoms with van der Waals surface area (Å²) >= 11 is 0. The molecule has 0 fully saturated rings. The fourth-order valence-corrected chi connectivity index (χ4v) is 1.72. The minimum absolute atomic E-state index is 0.166. The Labute approximate surface area is 112 Å². The Kier molecular flexibility index (Phi) is 4.24. The van der Waals surface area contributed by atoms with Gasteiger partial charge in [0.2, 0.25) is 0 Å². The van der Waals surface area contributed by atoms with E-state index < -0.39 is 29.4 Å². The first-order valence-electron chi connectivity index (χ1n) is 5.79. The highest BCUT2D eigenvalue weighted by Crippen LogP contribution is 2.21. The van der Waals surface area contributed by atoms with Gasteiger partial charge in [-0.2, -0.15) is 0 Å². The van der Waals surface area contributed by atoms with Gasteiger partial charge in [-0.25, -0.2) is 17.6 Å². The fourth-order valence-electron chi connectivity index (χ4n) is 1.72. The number of anilines is 1. The second kappa shape index (κ2) is 5.92. The topological polar surface area (TPSA) is 32.3 Å². The normalized spacial score (nSPS) is 12.2. The summed E-state index contributed by atoms with van der Waals surface area (Å²) in [6.45, 7) is -0.291. The quantitative estimate of drug-likeness (QED) is 0.844. The van der Waals surface area contributed by atoms with Crippen molar-refractivity contribution in [2.75, 3.05) is 11.9 Å². The van der Waals surface area contributed by atoms with Crippen molar-refractivity contribution in [1.29, 1.82) is 0 Å². The highest BCUT2D eigenvalue weighted by atomic mass is 19.1. The first kappa shape index (κ1) is 14.3. The van der Waals surface area contributed by atoms with E-state index in [0.717, 1.165) is 36.4 Å². The third-order valence-corrected chi connectivity index (χ3v) is 2.73. The molecule has 0 aliphatic rings. The van der Waals surface area contributed by atoms with Crippen LogP contribution < -0.4 is 5.32 Å². The summed E-state index contributed by atoms with van der Waals surface area (Å²) in [7, 11) is 0. The Morgan fingerprint density at radius 2 is 1.50 bits per heavy atom. The molecule has 106 valence electrons. The van der Waals surface area contributed by atoms with Crippen molar-refractivity contribution in [1.82, 2.24) is 0 Å². The van der Waals surface area contributed by atoms with Crippen LogP contribution in [0.2, 0.25) is 0 Å². The van der Waals surface area contributed by atoms with Gasteiger partial charge in [0.1, 0.15) is 23.3 Å². The number of halogens is 4. The van der Waals surface area contributed by atoms with Gasteiger partial charge in [-0.3, -0.25) is 0 Å². The summed E-state index contributed by atoms with van der Waals surface area (Å²) in [5, 5.41) is 12.2. The maximum Gasteiger partial charge on any atom is 0.146 e. The van der Waals surface area contributed by atoms with Crippen molar-refractivity contribution in [3.63, 3.8) is 0 Å². The minimum Gasteiger partial charge on any atom is -0.386 e. The lowest BCUT2D eigenvalue weighted by atomic mass is 10.1. The smallest absolute Gasteiger partial charge is 0.146 e. The van der Waals surface area contributed by atoms with E-state index in [1.165, 1.54) is 0 Å². The molecule has 2 aromatic rings. The molecule has 0 heterocycles. The predicted molar refractivity (Wildman–Crippen MR) is 66.2 cm³/mol. The van der Waals surface area contributed by atoms with Crippen molar-refractivity contribution in [3.8, 4) is 0 Å². The van der Waals surface area contributed by atoms with Gasteiger partial charge in [-0.1, -0.05) is 0 Å². The lowest BCUT2D eigenvalue weighted by Gasteiger charge is -2.14. The standard InChI is InChI=1S/C14H11F4NO/c15-8-1-3-11(17)10(5-8)14(20)7-19-13-6-9(16)2-4-12(13)18/h1-6,14,19-20H,7H2. The number of nitrogens with one attached hydrogen (secondary N) is 1. The summed E-state index contributed by atoms with van der Waals surface area (Å²) in [5.74, 6) is -2.84. The highest BCUT2D eigenvalue weighted by molar-refractivity contribution is 5.45. The molecule has 0 amide bonds. The number of aliphatic hydroxyl groups is 1. The van der Waals surface area contributed by atoms with Crippen molar-refractivity contribution >= 4 is 5.69 Å². The van der Waals surface area contributed by atoms with E-state index in [9.17, 15) is 22.7 Å². The van der Waals surface area contributed by atoms with E-state index in [2.05, 4.69) is 5.32 Å². The van der Waals surface area contributed by atoms with Crippen molar-refractivity contribution in [3.05, 3.63) is 65.2 Å². The molecule has 20 heavy (non-hydrogen) atoms. The Morgan fingerprint density at radius 1 is 0.900 bits per heavy atom. The fraction of sp³-hybridized carbons (Fsp3) is 0.143. The van der Waals surface area contributed by atoms with Gasteiger partial charge in [0.15, 0.2) is 0 Å². The zero-order valence-electron chi connectivity index (χ0n) is 10.2. The van der Waals surface area contributed by atoms with Gasteiger partial charge in [0.05, 0.1) is 11.8 Å². The molecule has 2 aromatic carbocycles. The molecule has 0 spiro atoms. The van der Waals surface area contributed by atoms with Crippen molar-refractivity contribution < 1.29 is 22.7 Å². The van der Waals surface area contributed by atoms with E-state index in [4.69, 9.17) is 0 Å². The molecular weight excluding hydrogens is 274 g/mol. The summed E-state index contributed by atoms with van der Waals surface area (Å²) < 4.78 is 52.6. The van der Waals surface area contributed by atoms with Crippen LogP contribution in [-0.4, -0.2) is 11.7 Å². The van der Waals surface area contributed by atoms with Gasteiger partial charge in [0.25, 0.3) is 0 Å². The molecule has 1 unspecified atom stereocenters. The van der Waals surface area contributed by atoms with Crippen LogP contribution in [-0.2, 0) is 0 Å². The minimum atomic E-state index is -1.40. The molecule has 6 heteroatoms. The number of benzene rings is 2. The molecule has 0 aliphatic carbocycles. The number of rotatable bonds is 4. The lowest BCUT2D eigenvalue weighted by Crippen LogP contribution is -2.14. The number of aliphatic hydroxyl groups excluding tert-OH is 1. The molecule has 0 aliphatic heterocycles. The molecular formula is C14H11F4NO. The third kappa shape index (κ3) is 3.27. The zero-order chi connectivity index (χ0) is 14.7. The van der Waals surface area contributed by atoms with E-state index in [0.29, 0.717) is 0 Å². The van der Waals surface area contributed by atoms with Crippen molar-refractivity contribution in [2.45, 2.75) is 6.10 Å². The van der Waals surface area contributed by atoms with Crippen LogP contribution in [0.1, 0.15) is 11.7 Å². The Morgan fingerprint density at radius 3 is 2.20 bits per heavy atom. The second-order valence-electron chi connectivity index (χ2n) is 4.19. The molecule has 0 radical (unpaired) electrons. The van der Waals surface area contributed by atoms with Gasteiger partial charge >= 0.3 is 0 Å². The van der Waals surface area contributed by atoms with Crippen LogP contribution in [0.3, 0.4) is 0 Å². The lowest BCUT2D eigenvalue weighted by molar-refractivity contribution is 0.186. The molecule has 2 N–H and O–H groups in total. The van der Waals surface area contributed by atoms with E-state index in [1.54, 1.807) is 0 Å². The van der Waals surface area contributed by atoms with E-state index in [1.807, 2.05) is 0 Å². The predicted octanol–water partition coefficient (Wildman–Crippen LogP) is 3.39. The maximum absolute atomic E-state index is 13.4. The van der Waals surface area contributed by atoms with E-state index >= 15 is 0 Å². The van der Waals surface area contributed by atoms with Crippen LogP contribution in [0.25, 0.3) is 0 Å². The molecule has 0 saturated carbocycles. The average molecular weight is 285 g/mol. The first-order valence-corrected chi connectivity index (χ1v) is 5.79. The highest BCUT2D eigenvalue weighted by Gasteiger charge is 2.14. The molecule has 0 aromatic heterocycles. The van der Waals surface area contributed by atoms with E-state index in [-0.39, 0.29) is 17.8 Å². The Bertz CT molecular complexity index is 618. The summed E-state index contributed by atoms with van der Waals surface area (Å²) in [5.41, 5.74) is -0.421. The Balaban J connectivity index is 2.10. The van der Waals surface area contributed by atoms with Crippen LogP contribution in [0.15, 0.2) is 36.4 Å². The van der Waals surface area contributed by atoms with Crippen LogP contribution in [0, 0.1) is 23.3 Å². The van der Waals surface area contributed by atoms with Crippen LogP contribution >= 0.6 is 0 Å². The van der Waals surface area contributed by atoms with Gasteiger partial charge in [-0.05, 0) is 36.4 Å². The molecule has 2 nitrogen and oxygen atoms in total. The zero-order valence-corrected chi connectivity index (χ0v) is 10.2. The first-order chi connectivity index (χ1) is 9.47. The molecule has 0 saturated heterocycles. The maximum atomic E-state index is 13.4. The van der Waals surface area contributed by atoms with Gasteiger partial charge < -0.3 is 10.4 Å². The van der Waals surface area contributed by atoms with Gasteiger partial charge in [-0.15, -0.1) is 0 Å². The molecule has 0 bridgehead atoms. The summed E-state index contributed by atoms with van der Waals surface area (Å²) in [6, 6.07) is 5.44. The van der Waals surface area contributed by atoms with Crippen molar-refractivity contribution in [2.24, 2.45) is 0 Å². The molecule has 2 rings (SSSR count). The third-order valence-electron chi connectivity index (χ3n) is 2.73. The van der Waals surface area contributed by atoms with Gasteiger partial charge in [0, 0.05) is 12.1 Å². The molecule has 1 atom stereocenters. The average Bonchev–Trinajstić information content (AvgIpc) is 2.42. The number of hydrogen-bond acceptors (Lipinski definition) is 2. The van der Waals surface area contributed by atoms with Crippen LogP contribution in [0.4, 0.5) is 23.2 Å². The summed E-state index contributed by atoms with van der Waals surface area (Å²) in [6.07, 6.45) is -1.40. The van der Waals surface area contributed by atoms with Crippen LogP contribution in [0.5, 0.6) is 0 Å². The Hall–Kier alpha value is -2.08. The summed E-state index contributed by atoms with van der Waals surface area (Å²) in [4.78, 5) is 0. The second-order valence-corrected chi connectivity index (χ2v) is 4.19. The number of hydrogen-bond donors (Lipinski definition) is 2. The SMILES string of the molecule is OC(CNc1cc(F)ccc1F)c1cc(F)ccc1F. The monoisotopic (exact) mass is 285 g/mol.